The molecular weight excluding hydrogens is 241 g/mol. The van der Waals surface area contributed by atoms with Crippen LogP contribution in [0, 0.1) is 5.82 Å². The van der Waals surface area contributed by atoms with Crippen molar-refractivity contribution in [1.82, 2.24) is 14.8 Å². The molecule has 0 saturated carbocycles. The van der Waals surface area contributed by atoms with E-state index in [2.05, 4.69) is 17.1 Å². The number of rotatable bonds is 4. The molecule has 0 radical (unpaired) electrons. The van der Waals surface area contributed by atoms with Gasteiger partial charge in [-0.3, -0.25) is 0 Å². The minimum Gasteiger partial charge on any atom is -0.310 e. The van der Waals surface area contributed by atoms with Gasteiger partial charge < -0.3 is 4.57 Å². The molecule has 0 bridgehead atoms. The van der Waals surface area contributed by atoms with Crippen molar-refractivity contribution in [3.63, 3.8) is 0 Å². The molecule has 0 aliphatic carbocycles. The minimum absolute atomic E-state index is 0.277. The van der Waals surface area contributed by atoms with Gasteiger partial charge >= 0.3 is 0 Å². The standard InChI is InChI=1S/C12H13ClFN3/c1-2-6-17-11(8-13)15-16-12(17)9-4-3-5-10(14)7-9/h3-5,7H,2,6,8H2,1H3. The summed E-state index contributed by atoms with van der Waals surface area (Å²) in [5, 5.41) is 8.10. The number of benzene rings is 1. The zero-order valence-electron chi connectivity index (χ0n) is 9.53. The third kappa shape index (κ3) is 2.47. The second-order valence-corrected chi connectivity index (χ2v) is 4.00. The van der Waals surface area contributed by atoms with Gasteiger partial charge in [-0.25, -0.2) is 4.39 Å². The summed E-state index contributed by atoms with van der Waals surface area (Å²) in [6.07, 6.45) is 0.949. The monoisotopic (exact) mass is 253 g/mol. The lowest BCUT2D eigenvalue weighted by Crippen LogP contribution is -2.04. The summed E-state index contributed by atoms with van der Waals surface area (Å²) in [5.41, 5.74) is 0.724. The summed E-state index contributed by atoms with van der Waals surface area (Å²) in [4.78, 5) is 0. The van der Waals surface area contributed by atoms with E-state index in [0.717, 1.165) is 18.5 Å². The van der Waals surface area contributed by atoms with Gasteiger partial charge in [-0.1, -0.05) is 19.1 Å². The first-order chi connectivity index (χ1) is 8.26. The Kier molecular flexibility index (Phi) is 3.74. The van der Waals surface area contributed by atoms with Crippen LogP contribution in [-0.4, -0.2) is 14.8 Å². The average Bonchev–Trinajstić information content (AvgIpc) is 2.72. The summed E-state index contributed by atoms with van der Waals surface area (Å²) >= 11 is 5.80. The number of aromatic nitrogens is 3. The van der Waals surface area contributed by atoms with Crippen LogP contribution in [0.5, 0.6) is 0 Å². The lowest BCUT2D eigenvalue weighted by atomic mass is 10.2. The van der Waals surface area contributed by atoms with Gasteiger partial charge in [0.15, 0.2) is 5.82 Å². The van der Waals surface area contributed by atoms with Gasteiger partial charge in [-0.05, 0) is 18.6 Å². The van der Waals surface area contributed by atoms with Crippen molar-refractivity contribution in [3.8, 4) is 11.4 Å². The smallest absolute Gasteiger partial charge is 0.164 e. The number of nitrogens with zero attached hydrogens (tertiary/aromatic N) is 3. The number of halogens is 2. The highest BCUT2D eigenvalue weighted by Crippen LogP contribution is 2.20. The molecule has 0 N–H and O–H groups in total. The van der Waals surface area contributed by atoms with E-state index in [-0.39, 0.29) is 5.82 Å². The summed E-state index contributed by atoms with van der Waals surface area (Å²) in [6, 6.07) is 6.34. The molecule has 1 heterocycles. The number of hydrogen-bond donors (Lipinski definition) is 0. The maximum Gasteiger partial charge on any atom is 0.164 e. The van der Waals surface area contributed by atoms with Crippen LogP contribution < -0.4 is 0 Å². The fourth-order valence-corrected chi connectivity index (χ4v) is 1.93. The van der Waals surface area contributed by atoms with Gasteiger partial charge in [-0.2, -0.15) is 0 Å². The summed E-state index contributed by atoms with van der Waals surface area (Å²) < 4.78 is 15.1. The molecule has 0 unspecified atom stereocenters. The molecular formula is C12H13ClFN3. The molecule has 2 rings (SSSR count). The zero-order chi connectivity index (χ0) is 12.3. The SMILES string of the molecule is CCCn1c(CCl)nnc1-c1cccc(F)c1. The van der Waals surface area contributed by atoms with Crippen molar-refractivity contribution in [2.75, 3.05) is 0 Å². The van der Waals surface area contributed by atoms with Gasteiger partial charge in [0, 0.05) is 12.1 Å². The van der Waals surface area contributed by atoms with Crippen molar-refractivity contribution >= 4 is 11.6 Å². The van der Waals surface area contributed by atoms with Crippen LogP contribution in [0.15, 0.2) is 24.3 Å². The third-order valence-electron chi connectivity index (χ3n) is 2.48. The number of hydrogen-bond acceptors (Lipinski definition) is 2. The highest BCUT2D eigenvalue weighted by molar-refractivity contribution is 6.16. The molecule has 0 aliphatic heterocycles. The first kappa shape index (κ1) is 12.0. The first-order valence-electron chi connectivity index (χ1n) is 5.50. The quantitative estimate of drug-likeness (QED) is 0.784. The molecule has 0 fully saturated rings. The molecule has 1 aromatic heterocycles. The van der Waals surface area contributed by atoms with E-state index in [0.29, 0.717) is 17.5 Å². The molecule has 0 amide bonds. The van der Waals surface area contributed by atoms with Crippen LogP contribution >= 0.6 is 11.6 Å². The maximum absolute atomic E-state index is 13.2. The van der Waals surface area contributed by atoms with E-state index in [1.807, 2.05) is 10.6 Å². The van der Waals surface area contributed by atoms with E-state index >= 15 is 0 Å². The molecule has 90 valence electrons. The Balaban J connectivity index is 2.47. The van der Waals surface area contributed by atoms with Crippen LogP contribution in [0.1, 0.15) is 19.2 Å². The van der Waals surface area contributed by atoms with Crippen LogP contribution in [0.3, 0.4) is 0 Å². The molecule has 0 saturated heterocycles. The molecule has 3 nitrogen and oxygen atoms in total. The van der Waals surface area contributed by atoms with Crippen molar-refractivity contribution in [3.05, 3.63) is 35.9 Å². The fourth-order valence-electron chi connectivity index (χ4n) is 1.73. The first-order valence-corrected chi connectivity index (χ1v) is 6.03. The van der Waals surface area contributed by atoms with Gasteiger partial charge in [0.2, 0.25) is 0 Å². The summed E-state index contributed by atoms with van der Waals surface area (Å²) in [5.74, 6) is 1.42. The van der Waals surface area contributed by atoms with Gasteiger partial charge in [0.1, 0.15) is 11.6 Å². The highest BCUT2D eigenvalue weighted by atomic mass is 35.5. The Hall–Kier alpha value is -1.42. The van der Waals surface area contributed by atoms with Crippen LogP contribution in [0.25, 0.3) is 11.4 Å². The minimum atomic E-state index is -0.277. The number of alkyl halides is 1. The lowest BCUT2D eigenvalue weighted by molar-refractivity contribution is 0.626. The molecule has 1 aromatic carbocycles. The molecule has 17 heavy (non-hydrogen) atoms. The topological polar surface area (TPSA) is 30.7 Å². The Morgan fingerprint density at radius 3 is 2.82 bits per heavy atom. The zero-order valence-corrected chi connectivity index (χ0v) is 10.3. The Bertz CT molecular complexity index is 510. The second kappa shape index (κ2) is 5.27. The molecule has 5 heteroatoms. The van der Waals surface area contributed by atoms with Gasteiger partial charge in [0.05, 0.1) is 5.88 Å². The van der Waals surface area contributed by atoms with Crippen molar-refractivity contribution in [2.45, 2.75) is 25.8 Å². The second-order valence-electron chi connectivity index (χ2n) is 3.74. The third-order valence-corrected chi connectivity index (χ3v) is 2.72. The summed E-state index contributed by atoms with van der Waals surface area (Å²) in [7, 11) is 0. The maximum atomic E-state index is 13.2. The fraction of sp³-hybridized carbons (Fsp3) is 0.333. The van der Waals surface area contributed by atoms with E-state index < -0.39 is 0 Å². The van der Waals surface area contributed by atoms with Gasteiger partial charge in [0.25, 0.3) is 0 Å². The van der Waals surface area contributed by atoms with E-state index in [1.165, 1.54) is 12.1 Å². The Morgan fingerprint density at radius 1 is 1.35 bits per heavy atom. The van der Waals surface area contributed by atoms with Crippen molar-refractivity contribution in [1.29, 1.82) is 0 Å². The highest BCUT2D eigenvalue weighted by Gasteiger charge is 2.12. The van der Waals surface area contributed by atoms with E-state index in [4.69, 9.17) is 11.6 Å². The molecule has 2 aromatic rings. The molecule has 0 spiro atoms. The van der Waals surface area contributed by atoms with Crippen molar-refractivity contribution < 1.29 is 4.39 Å². The normalized spacial score (nSPS) is 10.8. The Labute approximate surface area is 104 Å². The largest absolute Gasteiger partial charge is 0.310 e. The van der Waals surface area contributed by atoms with Crippen LogP contribution in [-0.2, 0) is 12.4 Å². The van der Waals surface area contributed by atoms with Crippen LogP contribution in [0.4, 0.5) is 4.39 Å². The van der Waals surface area contributed by atoms with E-state index in [1.54, 1.807) is 6.07 Å². The Morgan fingerprint density at radius 2 is 2.18 bits per heavy atom. The predicted octanol–water partition coefficient (Wildman–Crippen LogP) is 3.23. The van der Waals surface area contributed by atoms with Crippen LogP contribution in [0.2, 0.25) is 0 Å². The summed E-state index contributed by atoms with van der Waals surface area (Å²) in [6.45, 7) is 2.84. The van der Waals surface area contributed by atoms with Gasteiger partial charge in [-0.15, -0.1) is 21.8 Å². The molecule has 0 atom stereocenters. The predicted molar refractivity (Wildman–Crippen MR) is 65.3 cm³/mol. The van der Waals surface area contributed by atoms with Crippen molar-refractivity contribution in [2.24, 2.45) is 0 Å². The lowest BCUT2D eigenvalue weighted by Gasteiger charge is -2.07. The van der Waals surface area contributed by atoms with E-state index in [9.17, 15) is 4.39 Å². The molecule has 0 aliphatic rings. The average molecular weight is 254 g/mol.